The van der Waals surface area contributed by atoms with Gasteiger partial charge in [-0.25, -0.2) is 0 Å². The third-order valence-electron chi connectivity index (χ3n) is 7.14. The zero-order valence-corrected chi connectivity index (χ0v) is 12.7. The SMILES string of the molecule is [2H]C1([2H])C[C@]2(C)[C@H]3CC[C@]4(C)C=CC[C@H]4[C@@H]3CC[C@H]2C([2H])([2H])C1([2H])O. The van der Waals surface area contributed by atoms with Gasteiger partial charge in [-0.2, -0.15) is 0 Å². The lowest BCUT2D eigenvalue weighted by Crippen LogP contribution is -2.53. The van der Waals surface area contributed by atoms with Gasteiger partial charge in [0.15, 0.2) is 0 Å². The van der Waals surface area contributed by atoms with Crippen molar-refractivity contribution in [2.45, 2.75) is 71.2 Å². The number of fused-ring (bicyclic) bond motifs is 5. The smallest absolute Gasteiger partial charge is 0.0600 e. The van der Waals surface area contributed by atoms with E-state index in [-0.39, 0.29) is 17.8 Å². The maximum atomic E-state index is 10.5. The summed E-state index contributed by atoms with van der Waals surface area (Å²) in [4.78, 5) is 0. The quantitative estimate of drug-likeness (QED) is 0.645. The van der Waals surface area contributed by atoms with Crippen molar-refractivity contribution >= 4 is 0 Å². The van der Waals surface area contributed by atoms with Crippen LogP contribution in [0.3, 0.4) is 0 Å². The molecule has 0 aromatic carbocycles. The van der Waals surface area contributed by atoms with Gasteiger partial charge in [-0.05, 0) is 85.8 Å². The molecular weight excluding hydrogens is 244 g/mol. The number of hydrogen-bond donors (Lipinski definition) is 1. The Balaban J connectivity index is 1.75. The van der Waals surface area contributed by atoms with E-state index in [0.29, 0.717) is 18.3 Å². The first-order valence-corrected chi connectivity index (χ1v) is 8.27. The Labute approximate surface area is 130 Å². The van der Waals surface area contributed by atoms with E-state index < -0.39 is 30.2 Å². The Kier molecular flexibility index (Phi) is 1.95. The molecule has 0 bridgehead atoms. The molecular formula is C19H30O. The van der Waals surface area contributed by atoms with Gasteiger partial charge >= 0.3 is 0 Å². The van der Waals surface area contributed by atoms with E-state index in [1.807, 2.05) is 6.92 Å². The van der Waals surface area contributed by atoms with Crippen molar-refractivity contribution in [2.75, 3.05) is 0 Å². The summed E-state index contributed by atoms with van der Waals surface area (Å²) in [6.45, 7) is 4.39. The van der Waals surface area contributed by atoms with E-state index >= 15 is 0 Å². The topological polar surface area (TPSA) is 20.2 Å². The van der Waals surface area contributed by atoms with Crippen molar-refractivity contribution in [1.82, 2.24) is 0 Å². The molecule has 3 fully saturated rings. The fourth-order valence-electron chi connectivity index (χ4n) is 5.92. The minimum Gasteiger partial charge on any atom is -0.393 e. The lowest BCUT2D eigenvalue weighted by atomic mass is 9.45. The van der Waals surface area contributed by atoms with Crippen molar-refractivity contribution < 1.29 is 12.0 Å². The van der Waals surface area contributed by atoms with Crippen molar-refractivity contribution in [3.63, 3.8) is 0 Å². The predicted octanol–water partition coefficient (Wildman–Crippen LogP) is 4.56. The first-order chi connectivity index (χ1) is 11.4. The number of hydrogen-bond acceptors (Lipinski definition) is 1. The summed E-state index contributed by atoms with van der Waals surface area (Å²) in [6.07, 6.45) is 2.33. The standard InChI is InChI=1S/C19H30O/c1-18-9-3-4-16(18)15-6-5-13-12-14(20)7-11-19(13,2)17(15)8-10-18/h3,9,13-17,20H,4-8,10-12H2,1-2H3/t13-,14?,15-,16-,17-,18-,19-/m0/s1/i7D2,12D2,14D. The fraction of sp³-hybridized carbons (Fsp3) is 0.895. The maximum Gasteiger partial charge on any atom is 0.0600 e. The van der Waals surface area contributed by atoms with E-state index in [4.69, 9.17) is 6.85 Å². The molecule has 0 aromatic heterocycles. The van der Waals surface area contributed by atoms with Gasteiger partial charge < -0.3 is 5.11 Å². The second-order valence-corrected chi connectivity index (χ2v) is 8.04. The molecule has 4 rings (SSSR count). The van der Waals surface area contributed by atoms with E-state index in [0.717, 1.165) is 25.7 Å². The number of rotatable bonds is 0. The normalized spacial score (nSPS) is 70.2. The summed E-state index contributed by atoms with van der Waals surface area (Å²) in [5.41, 5.74) is -0.250. The Bertz CT molecular complexity index is 615. The lowest BCUT2D eigenvalue weighted by Gasteiger charge is -2.60. The minimum atomic E-state index is -2.69. The van der Waals surface area contributed by atoms with Crippen molar-refractivity contribution in [2.24, 2.45) is 34.5 Å². The zero-order valence-electron chi connectivity index (χ0n) is 17.7. The van der Waals surface area contributed by atoms with Crippen LogP contribution < -0.4 is 0 Å². The molecule has 0 aromatic rings. The third kappa shape index (κ3) is 1.71. The van der Waals surface area contributed by atoms with Crippen LogP contribution in [0, 0.1) is 34.5 Å². The maximum absolute atomic E-state index is 10.5. The first-order valence-electron chi connectivity index (χ1n) is 10.8. The monoisotopic (exact) mass is 279 g/mol. The van der Waals surface area contributed by atoms with Gasteiger partial charge in [0.05, 0.1) is 7.45 Å². The summed E-state index contributed by atoms with van der Waals surface area (Å²) >= 11 is 0. The Morgan fingerprint density at radius 1 is 1.20 bits per heavy atom. The molecule has 1 unspecified atom stereocenters. The molecule has 0 saturated heterocycles. The average Bonchev–Trinajstić information content (AvgIpc) is 2.87. The Morgan fingerprint density at radius 2 is 2.05 bits per heavy atom. The first kappa shape index (κ1) is 8.98. The van der Waals surface area contributed by atoms with Crippen LogP contribution in [0.2, 0.25) is 0 Å². The summed E-state index contributed by atoms with van der Waals surface area (Å²) < 4.78 is 41.7. The van der Waals surface area contributed by atoms with Gasteiger partial charge in [-0.3, -0.25) is 0 Å². The van der Waals surface area contributed by atoms with Crippen LogP contribution in [-0.2, 0) is 0 Å². The largest absolute Gasteiger partial charge is 0.393 e. The minimum absolute atomic E-state index is 0.0855. The van der Waals surface area contributed by atoms with Gasteiger partial charge in [0, 0.05) is 5.48 Å². The van der Waals surface area contributed by atoms with Gasteiger partial charge in [-0.15, -0.1) is 0 Å². The molecule has 4 aliphatic rings. The van der Waals surface area contributed by atoms with Crippen molar-refractivity contribution in [3.05, 3.63) is 12.2 Å². The molecule has 0 amide bonds. The molecule has 1 nitrogen and oxygen atoms in total. The highest BCUT2D eigenvalue weighted by atomic mass is 16.3. The van der Waals surface area contributed by atoms with Crippen LogP contribution in [0.5, 0.6) is 0 Å². The molecule has 20 heavy (non-hydrogen) atoms. The molecule has 7 atom stereocenters. The zero-order chi connectivity index (χ0) is 18.5. The highest BCUT2D eigenvalue weighted by Crippen LogP contribution is 2.64. The van der Waals surface area contributed by atoms with Gasteiger partial charge in [0.25, 0.3) is 0 Å². The molecule has 0 heterocycles. The number of aliphatic hydroxyl groups is 1. The highest BCUT2D eigenvalue weighted by molar-refractivity contribution is 5.16. The van der Waals surface area contributed by atoms with E-state index in [2.05, 4.69) is 19.1 Å². The average molecular weight is 279 g/mol. The third-order valence-corrected chi connectivity index (χ3v) is 7.14. The molecule has 0 aliphatic heterocycles. The van der Waals surface area contributed by atoms with Crippen LogP contribution in [0.15, 0.2) is 12.2 Å². The highest BCUT2D eigenvalue weighted by Gasteiger charge is 2.56. The van der Waals surface area contributed by atoms with Crippen LogP contribution in [-0.4, -0.2) is 11.2 Å². The lowest BCUT2D eigenvalue weighted by molar-refractivity contribution is -0.116. The fourth-order valence-corrected chi connectivity index (χ4v) is 5.92. The molecule has 1 N–H and O–H groups in total. The summed E-state index contributed by atoms with van der Waals surface area (Å²) in [7, 11) is 0. The van der Waals surface area contributed by atoms with Gasteiger partial charge in [0.2, 0.25) is 0 Å². The summed E-state index contributed by atoms with van der Waals surface area (Å²) in [5.74, 6) is 0.910. The van der Waals surface area contributed by atoms with Gasteiger partial charge in [-0.1, -0.05) is 26.0 Å². The van der Waals surface area contributed by atoms with Crippen LogP contribution in [0.25, 0.3) is 0 Å². The Morgan fingerprint density at radius 3 is 2.90 bits per heavy atom. The molecule has 112 valence electrons. The van der Waals surface area contributed by atoms with E-state index in [1.165, 1.54) is 0 Å². The van der Waals surface area contributed by atoms with Crippen LogP contribution in [0.4, 0.5) is 0 Å². The van der Waals surface area contributed by atoms with Gasteiger partial charge in [0.1, 0.15) is 0 Å². The van der Waals surface area contributed by atoms with E-state index in [9.17, 15) is 5.11 Å². The number of allylic oxidation sites excluding steroid dienone is 2. The molecule has 1 heteroatoms. The summed E-state index contributed by atoms with van der Waals surface area (Å²) in [5, 5.41) is 10.5. The second-order valence-electron chi connectivity index (χ2n) is 8.04. The molecule has 0 spiro atoms. The van der Waals surface area contributed by atoms with Crippen molar-refractivity contribution in [3.8, 4) is 0 Å². The Hall–Kier alpha value is -0.300. The molecule has 4 aliphatic carbocycles. The van der Waals surface area contributed by atoms with Crippen LogP contribution >= 0.6 is 0 Å². The van der Waals surface area contributed by atoms with E-state index in [1.54, 1.807) is 0 Å². The predicted molar refractivity (Wildman–Crippen MR) is 82.3 cm³/mol. The molecule has 0 radical (unpaired) electrons. The van der Waals surface area contributed by atoms with Crippen molar-refractivity contribution in [1.29, 1.82) is 0 Å². The second kappa shape index (κ2) is 4.35. The van der Waals surface area contributed by atoms with Crippen LogP contribution in [0.1, 0.15) is 72.0 Å². The summed E-state index contributed by atoms with van der Waals surface area (Å²) in [6, 6.07) is 0. The molecule has 3 saturated carbocycles.